The van der Waals surface area contributed by atoms with E-state index in [1.807, 2.05) is 0 Å². The summed E-state index contributed by atoms with van der Waals surface area (Å²) in [6, 6.07) is 0.456. The second-order valence-corrected chi connectivity index (χ2v) is 5.33. The van der Waals surface area contributed by atoms with Crippen molar-refractivity contribution in [1.82, 2.24) is 9.80 Å². The zero-order valence-electron chi connectivity index (χ0n) is 13.3. The summed E-state index contributed by atoms with van der Waals surface area (Å²) in [6.07, 6.45) is 0. The average molecular weight is 398 g/mol. The van der Waals surface area contributed by atoms with Gasteiger partial charge < -0.3 is 15.4 Å². The Bertz CT molecular complexity index is 276. The summed E-state index contributed by atoms with van der Waals surface area (Å²) in [5.74, 6) is 1.25. The van der Waals surface area contributed by atoms with Gasteiger partial charge in [-0.25, -0.2) is 0 Å². The first kappa shape index (κ1) is 19.9. The number of ether oxygens (including phenoxy) is 1. The number of hydrogen-bond acceptors (Lipinski definition) is 3. The van der Waals surface area contributed by atoms with E-state index in [9.17, 15) is 0 Å². The van der Waals surface area contributed by atoms with Gasteiger partial charge in [-0.15, -0.1) is 24.0 Å². The first-order chi connectivity index (χ1) is 9.10. The summed E-state index contributed by atoms with van der Waals surface area (Å²) < 4.78 is 5.42. The van der Waals surface area contributed by atoms with E-state index < -0.39 is 0 Å². The number of guanidine groups is 1. The lowest BCUT2D eigenvalue weighted by Crippen LogP contribution is -2.48. The normalized spacial score (nSPS) is 18.8. The third-order valence-corrected chi connectivity index (χ3v) is 3.81. The first-order valence-corrected chi connectivity index (χ1v) is 7.46. The highest BCUT2D eigenvalue weighted by atomic mass is 127. The van der Waals surface area contributed by atoms with Crippen molar-refractivity contribution < 1.29 is 4.74 Å². The van der Waals surface area contributed by atoms with Gasteiger partial charge >= 0.3 is 0 Å². The van der Waals surface area contributed by atoms with Crippen LogP contribution in [-0.2, 0) is 4.74 Å². The van der Waals surface area contributed by atoms with E-state index >= 15 is 0 Å². The quantitative estimate of drug-likeness (QED) is 0.420. The van der Waals surface area contributed by atoms with Crippen molar-refractivity contribution in [2.24, 2.45) is 16.6 Å². The van der Waals surface area contributed by atoms with Crippen LogP contribution in [0.3, 0.4) is 0 Å². The maximum atomic E-state index is 6.05. The minimum atomic E-state index is 0. The van der Waals surface area contributed by atoms with Gasteiger partial charge in [-0.2, -0.15) is 0 Å². The van der Waals surface area contributed by atoms with Crippen LogP contribution >= 0.6 is 24.0 Å². The molecule has 0 radical (unpaired) electrons. The molecule has 0 bridgehead atoms. The maximum Gasteiger partial charge on any atom is 0.191 e. The SMILES string of the molecule is CCN(CC)C(N)=NCC(C(C)C)N1CCOCC1.I. The highest BCUT2D eigenvalue weighted by molar-refractivity contribution is 14.0. The Labute approximate surface area is 140 Å². The maximum absolute atomic E-state index is 6.05. The standard InChI is InChI=1S/C14H30N4O.HI/c1-5-17(6-2)14(15)16-11-13(12(3)4)18-7-9-19-10-8-18;/h12-13H,5-11H2,1-4H3,(H2,15,16);1H. The van der Waals surface area contributed by atoms with Crippen molar-refractivity contribution in [2.45, 2.75) is 33.7 Å². The molecular weight excluding hydrogens is 367 g/mol. The molecule has 1 rings (SSSR count). The molecule has 20 heavy (non-hydrogen) atoms. The molecule has 1 aliphatic rings. The largest absolute Gasteiger partial charge is 0.379 e. The smallest absolute Gasteiger partial charge is 0.191 e. The fourth-order valence-electron chi connectivity index (χ4n) is 2.49. The van der Waals surface area contributed by atoms with Gasteiger partial charge in [0.1, 0.15) is 0 Å². The van der Waals surface area contributed by atoms with Gasteiger partial charge in [-0.1, -0.05) is 13.8 Å². The molecule has 1 heterocycles. The number of hydrogen-bond donors (Lipinski definition) is 1. The molecule has 0 aliphatic carbocycles. The van der Waals surface area contributed by atoms with Crippen LogP contribution in [0.2, 0.25) is 0 Å². The topological polar surface area (TPSA) is 54.1 Å². The lowest BCUT2D eigenvalue weighted by molar-refractivity contribution is 0.00864. The fourth-order valence-corrected chi connectivity index (χ4v) is 2.49. The van der Waals surface area contributed by atoms with Crippen LogP contribution in [0.25, 0.3) is 0 Å². The van der Waals surface area contributed by atoms with Crippen LogP contribution in [-0.4, -0.2) is 67.7 Å². The molecule has 0 aromatic rings. The zero-order valence-corrected chi connectivity index (χ0v) is 15.7. The lowest BCUT2D eigenvalue weighted by atomic mass is 10.0. The fraction of sp³-hybridized carbons (Fsp3) is 0.929. The molecule has 1 fully saturated rings. The molecule has 6 heteroatoms. The predicted molar refractivity (Wildman–Crippen MR) is 95.8 cm³/mol. The molecule has 1 aliphatic heterocycles. The highest BCUT2D eigenvalue weighted by Gasteiger charge is 2.23. The molecule has 0 spiro atoms. The second-order valence-electron chi connectivity index (χ2n) is 5.33. The number of nitrogens with two attached hydrogens (primary N) is 1. The number of aliphatic imine (C=N–C) groups is 1. The predicted octanol–water partition coefficient (Wildman–Crippen LogP) is 1.62. The summed E-state index contributed by atoms with van der Waals surface area (Å²) in [7, 11) is 0. The Morgan fingerprint density at radius 2 is 1.80 bits per heavy atom. The van der Waals surface area contributed by atoms with E-state index in [2.05, 4.69) is 42.5 Å². The summed E-state index contributed by atoms with van der Waals surface area (Å²) in [6.45, 7) is 15.0. The Morgan fingerprint density at radius 3 is 2.25 bits per heavy atom. The van der Waals surface area contributed by atoms with E-state index in [1.165, 1.54) is 0 Å². The van der Waals surface area contributed by atoms with E-state index in [4.69, 9.17) is 10.5 Å². The van der Waals surface area contributed by atoms with E-state index in [0.29, 0.717) is 17.9 Å². The van der Waals surface area contributed by atoms with Crippen LogP contribution in [0, 0.1) is 5.92 Å². The third-order valence-electron chi connectivity index (χ3n) is 3.81. The molecule has 0 amide bonds. The van der Waals surface area contributed by atoms with Crippen LogP contribution in [0.4, 0.5) is 0 Å². The summed E-state index contributed by atoms with van der Waals surface area (Å²) >= 11 is 0. The molecule has 120 valence electrons. The monoisotopic (exact) mass is 398 g/mol. The molecule has 5 nitrogen and oxygen atoms in total. The summed E-state index contributed by atoms with van der Waals surface area (Å²) in [5, 5.41) is 0. The Kier molecular flexibility index (Phi) is 10.6. The van der Waals surface area contributed by atoms with Crippen molar-refractivity contribution in [3.05, 3.63) is 0 Å². The van der Waals surface area contributed by atoms with Gasteiger partial charge in [0.25, 0.3) is 0 Å². The average Bonchev–Trinajstić information content (AvgIpc) is 2.41. The molecule has 1 saturated heterocycles. The van der Waals surface area contributed by atoms with Gasteiger partial charge in [0.15, 0.2) is 5.96 Å². The number of nitrogens with zero attached hydrogens (tertiary/aromatic N) is 3. The Hall–Kier alpha value is -0.0800. The van der Waals surface area contributed by atoms with Crippen molar-refractivity contribution in [2.75, 3.05) is 45.9 Å². The molecule has 0 aromatic carbocycles. The minimum Gasteiger partial charge on any atom is -0.379 e. The van der Waals surface area contributed by atoms with Gasteiger partial charge in [0.2, 0.25) is 0 Å². The molecule has 1 atom stereocenters. The van der Waals surface area contributed by atoms with Gasteiger partial charge in [-0.3, -0.25) is 9.89 Å². The van der Waals surface area contributed by atoms with Crippen molar-refractivity contribution >= 4 is 29.9 Å². The number of halogens is 1. The Morgan fingerprint density at radius 1 is 1.25 bits per heavy atom. The van der Waals surface area contributed by atoms with Crippen molar-refractivity contribution in [3.63, 3.8) is 0 Å². The summed E-state index contributed by atoms with van der Waals surface area (Å²) in [4.78, 5) is 9.17. The molecular formula is C14H31IN4O. The van der Waals surface area contributed by atoms with Gasteiger partial charge in [0, 0.05) is 32.2 Å². The molecule has 0 saturated carbocycles. The number of morpholine rings is 1. The highest BCUT2D eigenvalue weighted by Crippen LogP contribution is 2.13. The van der Waals surface area contributed by atoms with Crippen LogP contribution in [0.15, 0.2) is 4.99 Å². The Balaban J connectivity index is 0.00000361. The van der Waals surface area contributed by atoms with Crippen LogP contribution < -0.4 is 5.73 Å². The third kappa shape index (κ3) is 6.13. The van der Waals surface area contributed by atoms with Gasteiger partial charge in [-0.05, 0) is 19.8 Å². The van der Waals surface area contributed by atoms with Crippen molar-refractivity contribution in [3.8, 4) is 0 Å². The van der Waals surface area contributed by atoms with E-state index in [1.54, 1.807) is 0 Å². The number of rotatable bonds is 6. The first-order valence-electron chi connectivity index (χ1n) is 7.46. The molecule has 2 N–H and O–H groups in total. The second kappa shape index (κ2) is 10.6. The lowest BCUT2D eigenvalue weighted by Gasteiger charge is -2.36. The van der Waals surface area contributed by atoms with E-state index in [0.717, 1.165) is 45.9 Å². The van der Waals surface area contributed by atoms with E-state index in [-0.39, 0.29) is 24.0 Å². The van der Waals surface area contributed by atoms with Crippen LogP contribution in [0.5, 0.6) is 0 Å². The molecule has 0 aromatic heterocycles. The summed E-state index contributed by atoms with van der Waals surface area (Å²) in [5.41, 5.74) is 6.05. The zero-order chi connectivity index (χ0) is 14.3. The van der Waals surface area contributed by atoms with Crippen molar-refractivity contribution in [1.29, 1.82) is 0 Å². The van der Waals surface area contributed by atoms with Gasteiger partial charge in [0.05, 0.1) is 19.8 Å². The minimum absolute atomic E-state index is 0. The molecule has 1 unspecified atom stereocenters. The van der Waals surface area contributed by atoms with Crippen LogP contribution in [0.1, 0.15) is 27.7 Å².